The molecule has 0 atom stereocenters. The van der Waals surface area contributed by atoms with E-state index in [4.69, 9.17) is 5.11 Å². The third-order valence-electron chi connectivity index (χ3n) is 4.35. The van der Waals surface area contributed by atoms with E-state index in [0.717, 1.165) is 0 Å². The number of hydrogen-bond donors (Lipinski definition) is 2. The quantitative estimate of drug-likeness (QED) is 0.445. The highest BCUT2D eigenvalue weighted by molar-refractivity contribution is 5.91. The summed E-state index contributed by atoms with van der Waals surface area (Å²) in [4.78, 5) is 51.3. The summed E-state index contributed by atoms with van der Waals surface area (Å²) in [6.07, 6.45) is 0.580. The van der Waals surface area contributed by atoms with E-state index in [2.05, 4.69) is 14.7 Å². The number of anilines is 2. The number of carbonyl (C=O) groups excluding carboxylic acids is 1. The molecule has 0 unspecified atom stereocenters. The Balaban J connectivity index is 0.000000351. The van der Waals surface area contributed by atoms with Crippen LogP contribution in [0.1, 0.15) is 47.1 Å². The Bertz CT molecular complexity index is 1110. The van der Waals surface area contributed by atoms with Crippen molar-refractivity contribution in [1.82, 2.24) is 9.97 Å². The maximum absolute atomic E-state index is 11.8. The molecule has 0 spiro atoms. The predicted octanol–water partition coefficient (Wildman–Crippen LogP) is 4.74. The Kier molecular flexibility index (Phi) is 9.16. The average Bonchev–Trinajstić information content (AvgIpc) is 2.72. The monoisotopic (exact) mass is 492 g/mol. The molecule has 0 saturated carbocycles. The van der Waals surface area contributed by atoms with Gasteiger partial charge in [0.05, 0.1) is 7.11 Å². The molecule has 35 heavy (non-hydrogen) atoms. The summed E-state index contributed by atoms with van der Waals surface area (Å²) in [5, 5.41) is 32.5. The zero-order chi connectivity index (χ0) is 27.1. The lowest BCUT2D eigenvalue weighted by Crippen LogP contribution is -2.46. The predicted molar refractivity (Wildman–Crippen MR) is 127 cm³/mol. The second-order valence-corrected chi connectivity index (χ2v) is 9.07. The van der Waals surface area contributed by atoms with E-state index in [-0.39, 0.29) is 17.2 Å². The van der Waals surface area contributed by atoms with Crippen LogP contribution >= 0.6 is 0 Å². The minimum atomic E-state index is -1.35. The van der Waals surface area contributed by atoms with Crippen LogP contribution in [0.5, 0.6) is 0 Å². The molecule has 0 aliphatic rings. The largest absolute Gasteiger partial charge is 0.465 e. The highest BCUT2D eigenvalue weighted by Gasteiger charge is 2.34. The Morgan fingerprint density at radius 3 is 1.97 bits per heavy atom. The van der Waals surface area contributed by atoms with Crippen molar-refractivity contribution in [3.8, 4) is 0 Å². The van der Waals surface area contributed by atoms with Crippen LogP contribution in [-0.4, -0.2) is 49.8 Å². The number of carbonyl (C=O) groups is 2. The summed E-state index contributed by atoms with van der Waals surface area (Å²) in [6.45, 7) is 10.7. The van der Waals surface area contributed by atoms with Gasteiger partial charge in [-0.1, -0.05) is 20.8 Å². The molecule has 0 aliphatic carbocycles. The number of aromatic nitrogens is 2. The minimum absolute atomic E-state index is 0.0718. The molecule has 0 bridgehead atoms. The molecule has 0 aromatic carbocycles. The molecular formula is C21H28N6O8. The fourth-order valence-corrected chi connectivity index (χ4v) is 2.97. The van der Waals surface area contributed by atoms with Crippen molar-refractivity contribution in [3.63, 3.8) is 0 Å². The number of carboxylic acid groups (broad SMARTS) is 1. The van der Waals surface area contributed by atoms with E-state index >= 15 is 0 Å². The molecule has 2 N–H and O–H groups in total. The van der Waals surface area contributed by atoms with Crippen molar-refractivity contribution in [2.45, 2.75) is 52.5 Å². The molecule has 0 aliphatic heterocycles. The number of pyridine rings is 2. The van der Waals surface area contributed by atoms with Gasteiger partial charge in [-0.05, 0) is 69.8 Å². The van der Waals surface area contributed by atoms with Gasteiger partial charge in [0, 0.05) is 5.54 Å². The minimum Gasteiger partial charge on any atom is -0.465 e. The smallest absolute Gasteiger partial charge is 0.414 e. The molecule has 0 radical (unpaired) electrons. The van der Waals surface area contributed by atoms with Gasteiger partial charge in [-0.2, -0.15) is 0 Å². The standard InChI is InChI=1S/C11H15N3O4.C10H13N3O4/c1-11(2,3)13(10(15)18-4)8-6-5-7-12-9(8)14(16)17;1-10(2,3)6-4-5-11-8(13(16)17)7(6)12-9(14)15/h5-7H,1-4H3;4-5,12H,1-3H3,(H,14,15). The first kappa shape index (κ1) is 28.7. The van der Waals surface area contributed by atoms with Crippen molar-refractivity contribution >= 4 is 35.2 Å². The number of nitro groups is 2. The average molecular weight is 492 g/mol. The van der Waals surface area contributed by atoms with Crippen molar-refractivity contribution in [2.24, 2.45) is 0 Å². The summed E-state index contributed by atoms with van der Waals surface area (Å²) in [7, 11) is 1.23. The summed E-state index contributed by atoms with van der Waals surface area (Å²) < 4.78 is 4.66. The first-order valence-electron chi connectivity index (χ1n) is 10.1. The van der Waals surface area contributed by atoms with Crippen LogP contribution < -0.4 is 10.2 Å². The number of amides is 2. The number of rotatable bonds is 4. The number of hydrogen-bond acceptors (Lipinski definition) is 9. The number of ether oxygens (including phenoxy) is 1. The number of methoxy groups -OCH3 is 1. The molecule has 2 aromatic heterocycles. The molecule has 14 nitrogen and oxygen atoms in total. The van der Waals surface area contributed by atoms with Gasteiger partial charge < -0.3 is 30.1 Å². The van der Waals surface area contributed by atoms with Gasteiger partial charge in [0.25, 0.3) is 0 Å². The van der Waals surface area contributed by atoms with Crippen LogP contribution in [0.3, 0.4) is 0 Å². The zero-order valence-electron chi connectivity index (χ0n) is 20.4. The highest BCUT2D eigenvalue weighted by Crippen LogP contribution is 2.34. The zero-order valence-corrected chi connectivity index (χ0v) is 20.4. The normalized spacial score (nSPS) is 10.9. The first-order valence-corrected chi connectivity index (χ1v) is 10.1. The van der Waals surface area contributed by atoms with E-state index in [1.807, 2.05) is 26.1 Å². The Labute approximate surface area is 201 Å². The van der Waals surface area contributed by atoms with E-state index in [9.17, 15) is 29.8 Å². The van der Waals surface area contributed by atoms with Gasteiger partial charge in [-0.3, -0.25) is 10.2 Å². The van der Waals surface area contributed by atoms with Crippen molar-refractivity contribution in [1.29, 1.82) is 0 Å². The lowest BCUT2D eigenvalue weighted by Gasteiger charge is -2.33. The van der Waals surface area contributed by atoms with Crippen LogP contribution in [0.4, 0.5) is 32.6 Å². The molecule has 190 valence electrons. The lowest BCUT2D eigenvalue weighted by molar-refractivity contribution is -0.388. The van der Waals surface area contributed by atoms with Crippen LogP contribution in [0, 0.1) is 20.2 Å². The number of nitrogens with one attached hydrogen (secondary N) is 1. The van der Waals surface area contributed by atoms with E-state index in [0.29, 0.717) is 5.56 Å². The molecule has 0 fully saturated rings. The Hall–Kier alpha value is -4.36. The maximum atomic E-state index is 11.8. The van der Waals surface area contributed by atoms with Crippen molar-refractivity contribution in [3.05, 3.63) is 56.4 Å². The number of nitrogens with zero attached hydrogens (tertiary/aromatic N) is 5. The van der Waals surface area contributed by atoms with Gasteiger partial charge in [-0.25, -0.2) is 9.59 Å². The molecule has 2 amide bonds. The summed E-state index contributed by atoms with van der Waals surface area (Å²) in [5.41, 5.74) is -0.521. The molecular weight excluding hydrogens is 464 g/mol. The Morgan fingerprint density at radius 1 is 1.00 bits per heavy atom. The topological polar surface area (TPSA) is 191 Å². The van der Waals surface area contributed by atoms with Gasteiger partial charge in [0.15, 0.2) is 0 Å². The third-order valence-corrected chi connectivity index (χ3v) is 4.35. The molecule has 2 heterocycles. The van der Waals surface area contributed by atoms with Crippen LogP contribution in [-0.2, 0) is 10.2 Å². The van der Waals surface area contributed by atoms with E-state index < -0.39 is 38.8 Å². The van der Waals surface area contributed by atoms with Crippen molar-refractivity contribution in [2.75, 3.05) is 17.3 Å². The summed E-state index contributed by atoms with van der Waals surface area (Å²) in [6, 6.07) is 4.57. The second-order valence-electron chi connectivity index (χ2n) is 9.07. The van der Waals surface area contributed by atoms with Gasteiger partial charge in [-0.15, -0.1) is 0 Å². The molecule has 0 saturated heterocycles. The van der Waals surface area contributed by atoms with E-state index in [1.54, 1.807) is 26.8 Å². The van der Waals surface area contributed by atoms with Crippen LogP contribution in [0.25, 0.3) is 0 Å². The van der Waals surface area contributed by atoms with Crippen molar-refractivity contribution < 1.29 is 29.3 Å². The van der Waals surface area contributed by atoms with E-state index in [1.165, 1.54) is 36.5 Å². The lowest BCUT2D eigenvalue weighted by atomic mass is 9.86. The molecule has 2 aromatic rings. The highest BCUT2D eigenvalue weighted by atomic mass is 16.6. The maximum Gasteiger partial charge on any atom is 0.414 e. The SMILES string of the molecule is CC(C)(C)c1ccnc([N+](=O)[O-])c1NC(=O)O.COC(=O)N(c1cccnc1[N+](=O)[O-])C(C)(C)C. The summed E-state index contributed by atoms with van der Waals surface area (Å²) >= 11 is 0. The first-order chi connectivity index (χ1) is 16.0. The fraction of sp³-hybridized carbons (Fsp3) is 0.429. The fourth-order valence-electron chi connectivity index (χ4n) is 2.97. The molecule has 14 heteroatoms. The summed E-state index contributed by atoms with van der Waals surface area (Å²) in [5.74, 6) is -0.863. The van der Waals surface area contributed by atoms with Crippen LogP contribution in [0.15, 0.2) is 30.6 Å². The second kappa shape index (κ2) is 11.2. The van der Waals surface area contributed by atoms with Crippen LogP contribution in [0.2, 0.25) is 0 Å². The molecule has 2 rings (SSSR count). The Morgan fingerprint density at radius 2 is 1.54 bits per heavy atom. The van der Waals surface area contributed by atoms with Gasteiger partial charge in [0.2, 0.25) is 0 Å². The van der Waals surface area contributed by atoms with Gasteiger partial charge in [0.1, 0.15) is 23.8 Å². The third kappa shape index (κ3) is 7.58. The van der Waals surface area contributed by atoms with Gasteiger partial charge >= 0.3 is 23.8 Å².